The van der Waals surface area contributed by atoms with Crippen molar-refractivity contribution in [2.75, 3.05) is 26.9 Å². The SMILES string of the molecule is CCCCCCCCCCCCCCCCCCOC[C@@H](COP(=O)(O)C(O)P(=O)(O)O)OC. The van der Waals surface area contributed by atoms with Crippen LogP contribution in [0.15, 0.2) is 0 Å². The molecule has 0 bridgehead atoms. The third-order valence-electron chi connectivity index (χ3n) is 5.82. The van der Waals surface area contributed by atoms with Crippen LogP contribution >= 0.6 is 15.2 Å². The van der Waals surface area contributed by atoms with E-state index in [0.717, 1.165) is 12.8 Å². The zero-order valence-electron chi connectivity index (χ0n) is 21.3. The quantitative estimate of drug-likeness (QED) is 0.0830. The first-order valence-corrected chi connectivity index (χ1v) is 16.3. The van der Waals surface area contributed by atoms with Crippen molar-refractivity contribution in [3.63, 3.8) is 0 Å². The summed E-state index contributed by atoms with van der Waals surface area (Å²) in [7, 11) is -8.68. The molecule has 0 aliphatic carbocycles. The van der Waals surface area contributed by atoms with E-state index in [-0.39, 0.29) is 6.61 Å². The third kappa shape index (κ3) is 19.4. The van der Waals surface area contributed by atoms with Crippen LogP contribution in [0, 0.1) is 0 Å². The van der Waals surface area contributed by atoms with Crippen LogP contribution in [0.1, 0.15) is 110 Å². The maximum absolute atomic E-state index is 11.7. The molecule has 0 radical (unpaired) electrons. The molecular formula is C23H50O9P2. The number of unbranched alkanes of at least 4 members (excludes halogenated alkanes) is 15. The normalized spacial score (nSPS) is 15.8. The summed E-state index contributed by atoms with van der Waals surface area (Å²) in [4.78, 5) is 27.1. The molecule has 34 heavy (non-hydrogen) atoms. The Bertz CT molecular complexity index is 557. The van der Waals surface area contributed by atoms with Gasteiger partial charge in [0.1, 0.15) is 6.10 Å². The van der Waals surface area contributed by atoms with E-state index in [9.17, 15) is 19.1 Å². The summed E-state index contributed by atoms with van der Waals surface area (Å²) in [6.07, 6.45) is 20.0. The molecule has 0 aliphatic rings. The molecule has 0 aromatic rings. The second-order valence-corrected chi connectivity index (χ2v) is 13.0. The average molecular weight is 533 g/mol. The van der Waals surface area contributed by atoms with Gasteiger partial charge in [0.15, 0.2) is 0 Å². The molecule has 4 N–H and O–H groups in total. The largest absolute Gasteiger partial charge is 0.379 e. The molecule has 0 aromatic heterocycles. The van der Waals surface area contributed by atoms with E-state index in [0.29, 0.717) is 6.61 Å². The van der Waals surface area contributed by atoms with Crippen LogP contribution in [0.5, 0.6) is 0 Å². The summed E-state index contributed by atoms with van der Waals surface area (Å²) in [6.45, 7) is 2.47. The second kappa shape index (κ2) is 21.3. The van der Waals surface area contributed by atoms with E-state index in [1.807, 2.05) is 0 Å². The molecule has 2 unspecified atom stereocenters. The highest BCUT2D eigenvalue weighted by Crippen LogP contribution is 2.61. The van der Waals surface area contributed by atoms with E-state index in [4.69, 9.17) is 19.3 Å². The number of hydrogen-bond acceptors (Lipinski definition) is 6. The Hall–Kier alpha value is 0.180. The maximum Gasteiger partial charge on any atom is 0.368 e. The van der Waals surface area contributed by atoms with Gasteiger partial charge in [0.05, 0.1) is 13.2 Å². The van der Waals surface area contributed by atoms with Gasteiger partial charge in [0.25, 0.3) is 5.59 Å². The Labute approximate surface area is 206 Å². The highest BCUT2D eigenvalue weighted by atomic mass is 31.2. The van der Waals surface area contributed by atoms with Crippen molar-refractivity contribution in [3.05, 3.63) is 0 Å². The minimum atomic E-state index is -5.16. The molecular weight excluding hydrogens is 482 g/mol. The number of methoxy groups -OCH3 is 1. The highest BCUT2D eigenvalue weighted by molar-refractivity contribution is 7.70. The standard InChI is InChI=1S/C23H50O9P2/c1-3-4-5-6-7-8-9-10-11-12-13-14-15-16-17-18-19-31-20-22(30-2)21-32-34(28,29)23(24)33(25,26)27/h22-24H,3-21H2,1-2H3,(H,28,29)(H2,25,26,27)/t22-,23?/m0/s1. The van der Waals surface area contributed by atoms with E-state index in [1.54, 1.807) is 0 Å². The summed E-state index contributed by atoms with van der Waals surface area (Å²) in [5.74, 6) is 0. The highest BCUT2D eigenvalue weighted by Gasteiger charge is 2.44. The van der Waals surface area contributed by atoms with Crippen LogP contribution in [0.2, 0.25) is 0 Å². The Morgan fingerprint density at radius 2 is 1.09 bits per heavy atom. The molecule has 0 spiro atoms. The van der Waals surface area contributed by atoms with Crippen LogP contribution in [0.25, 0.3) is 0 Å². The van der Waals surface area contributed by atoms with Crippen molar-refractivity contribution >= 4 is 15.2 Å². The van der Waals surface area contributed by atoms with Crippen molar-refractivity contribution in [3.8, 4) is 0 Å². The number of ether oxygens (including phenoxy) is 2. The van der Waals surface area contributed by atoms with Gasteiger partial charge < -0.3 is 33.8 Å². The fraction of sp³-hybridized carbons (Fsp3) is 1.00. The zero-order chi connectivity index (χ0) is 25.7. The first-order valence-electron chi connectivity index (χ1n) is 13.0. The Morgan fingerprint density at radius 1 is 0.676 bits per heavy atom. The van der Waals surface area contributed by atoms with Gasteiger partial charge in [0, 0.05) is 13.7 Å². The van der Waals surface area contributed by atoms with Gasteiger partial charge >= 0.3 is 15.2 Å². The van der Waals surface area contributed by atoms with Gasteiger partial charge in [-0.25, -0.2) is 0 Å². The molecule has 206 valence electrons. The lowest BCUT2D eigenvalue weighted by Gasteiger charge is -2.21. The van der Waals surface area contributed by atoms with Crippen molar-refractivity contribution < 1.29 is 42.9 Å². The number of hydrogen-bond donors (Lipinski definition) is 4. The molecule has 0 amide bonds. The summed E-state index contributed by atoms with van der Waals surface area (Å²) in [5, 5.41) is 9.26. The lowest BCUT2D eigenvalue weighted by Crippen LogP contribution is -2.25. The zero-order valence-corrected chi connectivity index (χ0v) is 23.1. The lowest BCUT2D eigenvalue weighted by molar-refractivity contribution is -0.0181. The molecule has 0 saturated heterocycles. The maximum atomic E-state index is 11.7. The van der Waals surface area contributed by atoms with Crippen LogP contribution < -0.4 is 0 Å². The van der Waals surface area contributed by atoms with Gasteiger partial charge in [0.2, 0.25) is 0 Å². The van der Waals surface area contributed by atoms with Crippen molar-refractivity contribution in [2.24, 2.45) is 0 Å². The first-order chi connectivity index (χ1) is 16.1. The Morgan fingerprint density at radius 3 is 1.47 bits per heavy atom. The molecule has 11 heteroatoms. The first kappa shape index (κ1) is 34.2. The van der Waals surface area contributed by atoms with E-state index < -0.39 is 33.5 Å². The van der Waals surface area contributed by atoms with Crippen LogP contribution in [0.3, 0.4) is 0 Å². The molecule has 3 atom stereocenters. The van der Waals surface area contributed by atoms with E-state index in [1.165, 1.54) is 97.0 Å². The van der Waals surface area contributed by atoms with E-state index in [2.05, 4.69) is 11.4 Å². The topological polar surface area (TPSA) is 143 Å². The predicted octanol–water partition coefficient (Wildman–Crippen LogP) is 5.94. The van der Waals surface area contributed by atoms with Gasteiger partial charge in [-0.15, -0.1) is 0 Å². The predicted molar refractivity (Wildman–Crippen MR) is 135 cm³/mol. The van der Waals surface area contributed by atoms with E-state index >= 15 is 0 Å². The van der Waals surface area contributed by atoms with Crippen LogP contribution in [-0.4, -0.2) is 58.4 Å². The molecule has 9 nitrogen and oxygen atoms in total. The lowest BCUT2D eigenvalue weighted by atomic mass is 10.0. The monoisotopic (exact) mass is 532 g/mol. The van der Waals surface area contributed by atoms with Crippen LogP contribution in [-0.2, 0) is 23.1 Å². The molecule has 0 fully saturated rings. The summed E-state index contributed by atoms with van der Waals surface area (Å²) in [5.41, 5.74) is -2.77. The molecule has 0 aromatic carbocycles. The van der Waals surface area contributed by atoms with Gasteiger partial charge in [-0.3, -0.25) is 9.13 Å². The minimum Gasteiger partial charge on any atom is -0.379 e. The van der Waals surface area contributed by atoms with Gasteiger partial charge in [-0.05, 0) is 6.42 Å². The second-order valence-electron chi connectivity index (χ2n) is 9.03. The Kier molecular flexibility index (Phi) is 21.4. The molecule has 0 aliphatic heterocycles. The van der Waals surface area contributed by atoms with Crippen molar-refractivity contribution in [2.45, 2.75) is 121 Å². The van der Waals surface area contributed by atoms with Crippen molar-refractivity contribution in [1.29, 1.82) is 0 Å². The fourth-order valence-electron chi connectivity index (χ4n) is 3.60. The summed E-state index contributed by atoms with van der Waals surface area (Å²) in [6, 6.07) is 0. The van der Waals surface area contributed by atoms with Crippen molar-refractivity contribution in [1.82, 2.24) is 0 Å². The average Bonchev–Trinajstić information content (AvgIpc) is 2.79. The summed E-state index contributed by atoms with van der Waals surface area (Å²) >= 11 is 0. The fourth-order valence-corrected chi connectivity index (χ4v) is 5.83. The molecule has 0 heterocycles. The van der Waals surface area contributed by atoms with Crippen LogP contribution in [0.4, 0.5) is 0 Å². The molecule has 0 rings (SSSR count). The van der Waals surface area contributed by atoms with Gasteiger partial charge in [-0.1, -0.05) is 103 Å². The minimum absolute atomic E-state index is 0.112. The smallest absolute Gasteiger partial charge is 0.368 e. The number of aliphatic hydroxyl groups is 1. The Balaban J connectivity index is 3.54. The number of aliphatic hydroxyl groups excluding tert-OH is 1. The summed E-state index contributed by atoms with van der Waals surface area (Å²) < 4.78 is 37.9. The van der Waals surface area contributed by atoms with Gasteiger partial charge in [-0.2, -0.15) is 0 Å². The molecule has 0 saturated carbocycles. The number of rotatable bonds is 25. The third-order valence-corrected chi connectivity index (χ3v) is 9.30.